The van der Waals surface area contributed by atoms with Crippen LogP contribution in [0.4, 0.5) is 11.4 Å². The van der Waals surface area contributed by atoms with Gasteiger partial charge in [-0.3, -0.25) is 9.10 Å². The molecule has 0 radical (unpaired) electrons. The number of rotatable bonds is 4. The van der Waals surface area contributed by atoms with Crippen LogP contribution in [0.5, 0.6) is 0 Å². The molecule has 2 aromatic carbocycles. The molecule has 1 amide bonds. The second kappa shape index (κ2) is 7.40. The summed E-state index contributed by atoms with van der Waals surface area (Å²) in [5.41, 5.74) is 2.42. The lowest BCUT2D eigenvalue weighted by Gasteiger charge is -2.29. The van der Waals surface area contributed by atoms with Gasteiger partial charge in [-0.25, -0.2) is 13.2 Å². The zero-order valence-electron chi connectivity index (χ0n) is 15.1. The van der Waals surface area contributed by atoms with Crippen molar-refractivity contribution in [3.8, 4) is 0 Å². The van der Waals surface area contributed by atoms with E-state index in [2.05, 4.69) is 5.32 Å². The molecule has 1 aliphatic rings. The Hall–Kier alpha value is -2.87. The van der Waals surface area contributed by atoms with E-state index in [-0.39, 0.29) is 11.5 Å². The van der Waals surface area contributed by atoms with E-state index in [1.807, 2.05) is 0 Å². The maximum Gasteiger partial charge on any atom is 0.339 e. The summed E-state index contributed by atoms with van der Waals surface area (Å²) in [6.07, 6.45) is 2.56. The van der Waals surface area contributed by atoms with E-state index in [1.54, 1.807) is 42.5 Å². The standard InChI is InChI=1S/C19H20N2O5S/c1-26-19(23)15-7-3-4-8-16(15)20-18(22)14-9-10-17-13(12-14)6-5-11-21(17)27(2,24)25/h3-4,7-10,12H,5-6,11H2,1-2H3,(H,20,22). The van der Waals surface area contributed by atoms with Crippen molar-refractivity contribution in [2.24, 2.45) is 0 Å². The number of anilines is 2. The molecule has 1 aliphatic heterocycles. The third-order valence-electron chi connectivity index (χ3n) is 4.40. The maximum absolute atomic E-state index is 12.6. The van der Waals surface area contributed by atoms with Gasteiger partial charge >= 0.3 is 5.97 Å². The summed E-state index contributed by atoms with van der Waals surface area (Å²) < 4.78 is 30.0. The second-order valence-electron chi connectivity index (χ2n) is 6.27. The van der Waals surface area contributed by atoms with Crippen molar-refractivity contribution in [1.29, 1.82) is 0 Å². The molecule has 0 saturated heterocycles. The number of methoxy groups -OCH3 is 1. The van der Waals surface area contributed by atoms with Crippen molar-refractivity contribution in [2.45, 2.75) is 12.8 Å². The third-order valence-corrected chi connectivity index (χ3v) is 5.58. The Balaban J connectivity index is 1.89. The number of benzene rings is 2. The number of esters is 1. The Labute approximate surface area is 158 Å². The number of para-hydroxylation sites is 1. The predicted octanol–water partition coefficient (Wildman–Crippen LogP) is 2.44. The van der Waals surface area contributed by atoms with E-state index in [9.17, 15) is 18.0 Å². The van der Waals surface area contributed by atoms with Crippen LogP contribution in [-0.2, 0) is 21.2 Å². The molecule has 0 aromatic heterocycles. The van der Waals surface area contributed by atoms with E-state index in [1.165, 1.54) is 17.7 Å². The second-order valence-corrected chi connectivity index (χ2v) is 8.18. The summed E-state index contributed by atoms with van der Waals surface area (Å²) in [5, 5.41) is 2.72. The van der Waals surface area contributed by atoms with Gasteiger partial charge in [-0.05, 0) is 48.7 Å². The molecule has 0 atom stereocenters. The molecular weight excluding hydrogens is 368 g/mol. The molecule has 1 heterocycles. The van der Waals surface area contributed by atoms with Gasteiger partial charge < -0.3 is 10.1 Å². The van der Waals surface area contributed by atoms with Crippen molar-refractivity contribution in [1.82, 2.24) is 0 Å². The van der Waals surface area contributed by atoms with Crippen molar-refractivity contribution in [3.63, 3.8) is 0 Å². The van der Waals surface area contributed by atoms with Crippen molar-refractivity contribution < 1.29 is 22.7 Å². The van der Waals surface area contributed by atoms with E-state index in [0.29, 0.717) is 36.3 Å². The molecule has 0 spiro atoms. The highest BCUT2D eigenvalue weighted by Gasteiger charge is 2.25. The molecule has 0 aliphatic carbocycles. The number of aryl methyl sites for hydroxylation is 1. The lowest BCUT2D eigenvalue weighted by Crippen LogP contribution is -2.34. The number of fused-ring (bicyclic) bond motifs is 1. The number of hydrogen-bond donors (Lipinski definition) is 1. The molecule has 0 bridgehead atoms. The highest BCUT2D eigenvalue weighted by Crippen LogP contribution is 2.30. The van der Waals surface area contributed by atoms with Crippen LogP contribution in [-0.4, -0.2) is 40.2 Å². The number of amides is 1. The molecule has 8 heteroatoms. The topological polar surface area (TPSA) is 92.8 Å². The molecule has 27 heavy (non-hydrogen) atoms. The van der Waals surface area contributed by atoms with Gasteiger partial charge in [0.05, 0.1) is 30.3 Å². The molecule has 0 unspecified atom stereocenters. The lowest BCUT2D eigenvalue weighted by atomic mass is 10.0. The van der Waals surface area contributed by atoms with E-state index in [0.717, 1.165) is 5.56 Å². The largest absolute Gasteiger partial charge is 0.465 e. The summed E-state index contributed by atoms with van der Waals surface area (Å²) in [5.74, 6) is -0.925. The Morgan fingerprint density at radius 2 is 1.89 bits per heavy atom. The fourth-order valence-electron chi connectivity index (χ4n) is 3.12. The van der Waals surface area contributed by atoms with Gasteiger partial charge in [0, 0.05) is 12.1 Å². The minimum Gasteiger partial charge on any atom is -0.465 e. The highest BCUT2D eigenvalue weighted by atomic mass is 32.2. The molecule has 1 N–H and O–H groups in total. The number of ether oxygens (including phenoxy) is 1. The summed E-state index contributed by atoms with van der Waals surface area (Å²) in [6, 6.07) is 11.5. The highest BCUT2D eigenvalue weighted by molar-refractivity contribution is 7.92. The summed E-state index contributed by atoms with van der Waals surface area (Å²) >= 11 is 0. The van der Waals surface area contributed by atoms with E-state index in [4.69, 9.17) is 4.74 Å². The predicted molar refractivity (Wildman–Crippen MR) is 103 cm³/mol. The molecule has 2 aromatic rings. The molecule has 142 valence electrons. The van der Waals surface area contributed by atoms with Gasteiger partial charge in [-0.15, -0.1) is 0 Å². The van der Waals surface area contributed by atoms with Crippen LogP contribution < -0.4 is 9.62 Å². The molecular formula is C19H20N2O5S. The van der Waals surface area contributed by atoms with Crippen molar-refractivity contribution in [3.05, 3.63) is 59.2 Å². The Morgan fingerprint density at radius 3 is 2.59 bits per heavy atom. The van der Waals surface area contributed by atoms with Crippen LogP contribution in [0.1, 0.15) is 32.7 Å². The number of hydrogen-bond acceptors (Lipinski definition) is 5. The average molecular weight is 388 g/mol. The van der Waals surface area contributed by atoms with Crippen LogP contribution in [0.3, 0.4) is 0 Å². The summed E-state index contributed by atoms with van der Waals surface area (Å²) in [6.45, 7) is 0.434. The van der Waals surface area contributed by atoms with E-state index >= 15 is 0 Å². The zero-order chi connectivity index (χ0) is 19.6. The third kappa shape index (κ3) is 3.95. The zero-order valence-corrected chi connectivity index (χ0v) is 15.9. The maximum atomic E-state index is 12.6. The minimum absolute atomic E-state index is 0.259. The van der Waals surface area contributed by atoms with Gasteiger partial charge in [0.15, 0.2) is 0 Å². The Morgan fingerprint density at radius 1 is 1.15 bits per heavy atom. The first-order valence-electron chi connectivity index (χ1n) is 8.40. The lowest BCUT2D eigenvalue weighted by molar-refractivity contribution is 0.0602. The van der Waals surface area contributed by atoms with Gasteiger partial charge in [0.2, 0.25) is 10.0 Å². The van der Waals surface area contributed by atoms with Crippen LogP contribution in [0.15, 0.2) is 42.5 Å². The van der Waals surface area contributed by atoms with E-state index < -0.39 is 16.0 Å². The van der Waals surface area contributed by atoms with Gasteiger partial charge in [-0.2, -0.15) is 0 Å². The average Bonchev–Trinajstić information content (AvgIpc) is 2.66. The first-order valence-corrected chi connectivity index (χ1v) is 10.3. The number of carbonyl (C=O) groups is 2. The molecule has 3 rings (SSSR count). The van der Waals surface area contributed by atoms with Gasteiger partial charge in [0.25, 0.3) is 5.91 Å². The van der Waals surface area contributed by atoms with Crippen LogP contribution in [0.2, 0.25) is 0 Å². The monoisotopic (exact) mass is 388 g/mol. The smallest absolute Gasteiger partial charge is 0.339 e. The van der Waals surface area contributed by atoms with Crippen LogP contribution in [0.25, 0.3) is 0 Å². The Kier molecular flexibility index (Phi) is 5.18. The number of nitrogens with one attached hydrogen (secondary N) is 1. The number of carbonyl (C=O) groups excluding carboxylic acids is 2. The fraction of sp³-hybridized carbons (Fsp3) is 0.263. The SMILES string of the molecule is COC(=O)c1ccccc1NC(=O)c1ccc2c(c1)CCCN2S(C)(=O)=O. The van der Waals surface area contributed by atoms with Crippen LogP contribution in [0, 0.1) is 0 Å². The van der Waals surface area contributed by atoms with Gasteiger partial charge in [-0.1, -0.05) is 12.1 Å². The minimum atomic E-state index is -3.36. The normalized spacial score (nSPS) is 13.6. The molecule has 0 fully saturated rings. The van der Waals surface area contributed by atoms with Crippen LogP contribution >= 0.6 is 0 Å². The summed E-state index contributed by atoms with van der Waals surface area (Å²) in [7, 11) is -2.08. The molecule has 0 saturated carbocycles. The van der Waals surface area contributed by atoms with Crippen molar-refractivity contribution >= 4 is 33.3 Å². The quantitative estimate of drug-likeness (QED) is 0.812. The first kappa shape index (κ1) is 18.9. The molecule has 7 nitrogen and oxygen atoms in total. The number of sulfonamides is 1. The number of nitrogens with zero attached hydrogens (tertiary/aromatic N) is 1. The fourth-order valence-corrected chi connectivity index (χ4v) is 4.12. The van der Waals surface area contributed by atoms with Gasteiger partial charge in [0.1, 0.15) is 0 Å². The summed E-state index contributed by atoms with van der Waals surface area (Å²) in [4.78, 5) is 24.5. The Bertz CT molecular complexity index is 1000. The van der Waals surface area contributed by atoms with Crippen molar-refractivity contribution in [2.75, 3.05) is 29.5 Å². The first-order chi connectivity index (χ1) is 12.8.